The SMILES string of the molecule is COC(=O)/C=C/C1=C[C@@]2(Br)C[C@@H](C(=O)OC)[C@@H]1OC2=O. The van der Waals surface area contributed by atoms with Gasteiger partial charge in [-0.25, -0.2) is 4.79 Å². The van der Waals surface area contributed by atoms with Crippen molar-refractivity contribution in [3.63, 3.8) is 0 Å². The zero-order chi connectivity index (χ0) is 14.9. The van der Waals surface area contributed by atoms with Crippen LogP contribution < -0.4 is 0 Å². The van der Waals surface area contributed by atoms with E-state index in [1.807, 2.05) is 0 Å². The van der Waals surface area contributed by atoms with E-state index in [2.05, 4.69) is 20.7 Å². The lowest BCUT2D eigenvalue weighted by Crippen LogP contribution is -2.53. The molecule has 20 heavy (non-hydrogen) atoms. The largest absolute Gasteiger partial charge is 0.469 e. The highest BCUT2D eigenvalue weighted by atomic mass is 79.9. The third-order valence-corrected chi connectivity index (χ3v) is 4.17. The topological polar surface area (TPSA) is 78.9 Å². The number of hydrogen-bond donors (Lipinski definition) is 0. The molecule has 0 amide bonds. The van der Waals surface area contributed by atoms with Gasteiger partial charge in [-0.1, -0.05) is 15.9 Å². The summed E-state index contributed by atoms with van der Waals surface area (Å²) in [5.74, 6) is -2.03. The summed E-state index contributed by atoms with van der Waals surface area (Å²) in [6, 6.07) is 0. The van der Waals surface area contributed by atoms with Gasteiger partial charge in [0.1, 0.15) is 16.3 Å². The summed E-state index contributed by atoms with van der Waals surface area (Å²) in [6.07, 6.45) is 3.87. The smallest absolute Gasteiger partial charge is 0.330 e. The average Bonchev–Trinajstić information content (AvgIpc) is 2.44. The first-order valence-corrected chi connectivity index (χ1v) is 6.67. The number of hydrogen-bond acceptors (Lipinski definition) is 6. The first kappa shape index (κ1) is 14.8. The molecule has 2 aliphatic heterocycles. The van der Waals surface area contributed by atoms with Gasteiger partial charge in [-0.15, -0.1) is 0 Å². The number of rotatable bonds is 3. The molecular weight excluding hydrogens is 332 g/mol. The van der Waals surface area contributed by atoms with Crippen molar-refractivity contribution in [3.8, 4) is 0 Å². The molecule has 0 aromatic rings. The summed E-state index contributed by atoms with van der Waals surface area (Å²) in [7, 11) is 2.54. The normalized spacial score (nSPS) is 31.8. The van der Waals surface area contributed by atoms with Crippen LogP contribution in [0.1, 0.15) is 6.42 Å². The number of alkyl halides is 1. The third-order valence-electron chi connectivity index (χ3n) is 3.30. The van der Waals surface area contributed by atoms with Crippen molar-refractivity contribution in [1.29, 1.82) is 0 Å². The molecule has 1 fully saturated rings. The van der Waals surface area contributed by atoms with Crippen LogP contribution in [0.5, 0.6) is 0 Å². The Morgan fingerprint density at radius 3 is 2.70 bits per heavy atom. The predicted molar refractivity (Wildman–Crippen MR) is 70.9 cm³/mol. The number of esters is 3. The number of carbonyl (C=O) groups is 3. The van der Waals surface area contributed by atoms with Crippen molar-refractivity contribution in [2.24, 2.45) is 5.92 Å². The molecule has 0 radical (unpaired) electrons. The molecule has 2 bridgehead atoms. The average molecular weight is 345 g/mol. The van der Waals surface area contributed by atoms with Gasteiger partial charge < -0.3 is 14.2 Å². The van der Waals surface area contributed by atoms with Crippen LogP contribution in [0.25, 0.3) is 0 Å². The highest BCUT2D eigenvalue weighted by Crippen LogP contribution is 2.45. The highest BCUT2D eigenvalue weighted by Gasteiger charge is 2.54. The van der Waals surface area contributed by atoms with Crippen molar-refractivity contribution in [2.75, 3.05) is 14.2 Å². The Bertz CT molecular complexity index is 523. The van der Waals surface area contributed by atoms with Gasteiger partial charge in [0.15, 0.2) is 0 Å². The minimum absolute atomic E-state index is 0.263. The fourth-order valence-corrected chi connectivity index (χ4v) is 3.01. The number of fused-ring (bicyclic) bond motifs is 2. The Balaban J connectivity index is 2.33. The Labute approximate surface area is 123 Å². The van der Waals surface area contributed by atoms with Gasteiger partial charge in [0.2, 0.25) is 0 Å². The molecule has 2 heterocycles. The maximum atomic E-state index is 11.8. The lowest BCUT2D eigenvalue weighted by molar-refractivity contribution is -0.168. The Morgan fingerprint density at radius 2 is 2.15 bits per heavy atom. The van der Waals surface area contributed by atoms with E-state index in [1.165, 1.54) is 26.4 Å². The van der Waals surface area contributed by atoms with Crippen molar-refractivity contribution < 1.29 is 28.6 Å². The Kier molecular flexibility index (Phi) is 3.99. The second-order valence-electron chi connectivity index (χ2n) is 4.52. The van der Waals surface area contributed by atoms with E-state index in [1.54, 1.807) is 6.08 Å². The molecule has 1 saturated heterocycles. The monoisotopic (exact) mass is 344 g/mol. The highest BCUT2D eigenvalue weighted by molar-refractivity contribution is 9.10. The van der Waals surface area contributed by atoms with Gasteiger partial charge >= 0.3 is 17.9 Å². The van der Waals surface area contributed by atoms with Crippen LogP contribution in [0.2, 0.25) is 0 Å². The van der Waals surface area contributed by atoms with Crippen LogP contribution in [0, 0.1) is 5.92 Å². The van der Waals surface area contributed by atoms with Crippen molar-refractivity contribution >= 4 is 33.8 Å². The molecule has 3 aliphatic rings. The minimum atomic E-state index is -1.06. The van der Waals surface area contributed by atoms with Gasteiger partial charge in [0.05, 0.1) is 14.2 Å². The maximum Gasteiger partial charge on any atom is 0.330 e. The molecule has 0 aromatic heterocycles. The minimum Gasteiger partial charge on any atom is -0.469 e. The molecule has 7 heteroatoms. The van der Waals surface area contributed by atoms with Crippen molar-refractivity contribution in [2.45, 2.75) is 16.8 Å². The Hall–Kier alpha value is -1.63. The maximum absolute atomic E-state index is 11.8. The van der Waals surface area contributed by atoms with Crippen LogP contribution in [-0.4, -0.2) is 42.6 Å². The van der Waals surface area contributed by atoms with Gasteiger partial charge in [0, 0.05) is 6.08 Å². The zero-order valence-corrected chi connectivity index (χ0v) is 12.5. The van der Waals surface area contributed by atoms with Gasteiger partial charge in [-0.05, 0) is 24.1 Å². The molecule has 1 aliphatic carbocycles. The molecule has 0 N–H and O–H groups in total. The van der Waals surface area contributed by atoms with Gasteiger partial charge in [0.25, 0.3) is 0 Å². The number of halogens is 1. The molecule has 0 aromatic carbocycles. The van der Waals surface area contributed by atoms with Crippen molar-refractivity contribution in [1.82, 2.24) is 0 Å². The summed E-state index contributed by atoms with van der Waals surface area (Å²) in [6.45, 7) is 0. The Morgan fingerprint density at radius 1 is 1.45 bits per heavy atom. The van der Waals surface area contributed by atoms with Gasteiger partial charge in [-0.2, -0.15) is 0 Å². The summed E-state index contributed by atoms with van der Waals surface area (Å²) < 4.78 is 13.4. The van der Waals surface area contributed by atoms with Gasteiger partial charge in [-0.3, -0.25) is 9.59 Å². The van der Waals surface area contributed by atoms with E-state index in [4.69, 9.17) is 9.47 Å². The summed E-state index contributed by atoms with van der Waals surface area (Å²) in [5.41, 5.74) is 0.563. The van der Waals surface area contributed by atoms with E-state index >= 15 is 0 Å². The van der Waals surface area contributed by atoms with E-state index < -0.39 is 34.3 Å². The van der Waals surface area contributed by atoms with E-state index in [0.29, 0.717) is 5.57 Å². The van der Waals surface area contributed by atoms with E-state index in [-0.39, 0.29) is 6.42 Å². The van der Waals surface area contributed by atoms with Crippen LogP contribution in [-0.2, 0) is 28.6 Å². The lowest BCUT2D eigenvalue weighted by atomic mass is 9.77. The standard InChI is InChI=1S/C13H13BrO6/c1-18-9(15)4-3-7-5-13(14)6-8(11(16)19-2)10(7)20-12(13)17/h3-5,8,10H,6H2,1-2H3/b4-3+/t8-,10-,13-/m1/s1. The molecule has 3 rings (SSSR count). The fraction of sp³-hybridized carbons (Fsp3) is 0.462. The van der Waals surface area contributed by atoms with Crippen LogP contribution >= 0.6 is 15.9 Å². The number of carbonyl (C=O) groups excluding carboxylic acids is 3. The summed E-state index contributed by atoms with van der Waals surface area (Å²) in [4.78, 5) is 34.7. The van der Waals surface area contributed by atoms with Crippen LogP contribution in [0.4, 0.5) is 0 Å². The first-order chi connectivity index (χ1) is 9.41. The molecular formula is C13H13BrO6. The van der Waals surface area contributed by atoms with E-state index in [0.717, 1.165) is 0 Å². The molecule has 0 unspecified atom stereocenters. The second kappa shape index (κ2) is 5.40. The van der Waals surface area contributed by atoms with Crippen LogP contribution in [0.15, 0.2) is 23.8 Å². The van der Waals surface area contributed by atoms with Crippen molar-refractivity contribution in [3.05, 3.63) is 23.8 Å². The third kappa shape index (κ3) is 2.49. The summed E-state index contributed by atoms with van der Waals surface area (Å²) >= 11 is 3.29. The molecule has 108 valence electrons. The molecule has 6 nitrogen and oxygen atoms in total. The zero-order valence-electron chi connectivity index (χ0n) is 10.9. The molecule has 0 saturated carbocycles. The fourth-order valence-electron chi connectivity index (χ4n) is 2.30. The molecule has 0 spiro atoms. The second-order valence-corrected chi connectivity index (χ2v) is 5.94. The first-order valence-electron chi connectivity index (χ1n) is 5.88. The van der Waals surface area contributed by atoms with Crippen LogP contribution in [0.3, 0.4) is 0 Å². The predicted octanol–water partition coefficient (Wildman–Crippen LogP) is 0.894. The molecule has 3 atom stereocenters. The number of ether oxygens (including phenoxy) is 3. The number of methoxy groups -OCH3 is 2. The van der Waals surface area contributed by atoms with E-state index in [9.17, 15) is 14.4 Å². The lowest BCUT2D eigenvalue weighted by Gasteiger charge is -2.42. The summed E-state index contributed by atoms with van der Waals surface area (Å²) in [5, 5.41) is 0. The quantitative estimate of drug-likeness (QED) is 0.327.